The molecule has 1 amide bonds. The van der Waals surface area contributed by atoms with Crippen LogP contribution in [0, 0.1) is 0 Å². The van der Waals surface area contributed by atoms with Gasteiger partial charge in [-0.2, -0.15) is 0 Å². The monoisotopic (exact) mass is 253 g/mol. The number of nitrogens with zero attached hydrogens (tertiary/aromatic N) is 1. The molecule has 0 spiro atoms. The van der Waals surface area contributed by atoms with E-state index in [1.807, 2.05) is 6.92 Å². The van der Waals surface area contributed by atoms with Gasteiger partial charge in [0.1, 0.15) is 0 Å². The van der Waals surface area contributed by atoms with Crippen molar-refractivity contribution in [3.8, 4) is 0 Å². The molecule has 2 fully saturated rings. The smallest absolute Gasteiger partial charge is 0.237 e. The molecule has 4 heteroatoms. The molecule has 2 aliphatic heterocycles. The normalized spacial score (nSPS) is 35.2. The lowest BCUT2D eigenvalue weighted by Crippen LogP contribution is -2.56. The molecule has 2 rings (SSSR count). The summed E-state index contributed by atoms with van der Waals surface area (Å²) in [6.45, 7) is 6.20. The second kappa shape index (κ2) is 5.57. The summed E-state index contributed by atoms with van der Waals surface area (Å²) >= 11 is 0. The number of nitrogens with two attached hydrogens (primary N) is 1. The topological polar surface area (TPSA) is 58.4 Å². The third-order valence-corrected chi connectivity index (χ3v) is 4.65. The lowest BCUT2D eigenvalue weighted by molar-refractivity contribution is -0.128. The van der Waals surface area contributed by atoms with Crippen LogP contribution in [0.15, 0.2) is 0 Å². The zero-order valence-corrected chi connectivity index (χ0v) is 11.9. The Morgan fingerprint density at radius 2 is 1.89 bits per heavy atom. The fourth-order valence-electron chi connectivity index (χ4n) is 3.49. The Bertz CT molecular complexity index is 293. The van der Waals surface area contributed by atoms with E-state index in [0.717, 1.165) is 19.3 Å². The number of rotatable bonds is 4. The highest BCUT2D eigenvalue weighted by molar-refractivity contribution is 5.81. The van der Waals surface area contributed by atoms with Crippen LogP contribution in [0.5, 0.6) is 0 Å². The van der Waals surface area contributed by atoms with Gasteiger partial charge >= 0.3 is 0 Å². The van der Waals surface area contributed by atoms with Crippen molar-refractivity contribution in [1.82, 2.24) is 10.2 Å². The lowest BCUT2D eigenvalue weighted by atomic mass is 9.96. The molecule has 0 radical (unpaired) electrons. The first kappa shape index (κ1) is 13.8. The summed E-state index contributed by atoms with van der Waals surface area (Å²) < 4.78 is 0. The Kier molecular flexibility index (Phi) is 4.28. The van der Waals surface area contributed by atoms with Gasteiger partial charge in [0.25, 0.3) is 0 Å². The summed E-state index contributed by atoms with van der Waals surface area (Å²) in [7, 11) is 0. The maximum Gasteiger partial charge on any atom is 0.237 e. The van der Waals surface area contributed by atoms with E-state index in [0.29, 0.717) is 18.1 Å². The van der Waals surface area contributed by atoms with Crippen LogP contribution in [0.3, 0.4) is 0 Å². The van der Waals surface area contributed by atoms with E-state index in [-0.39, 0.29) is 18.0 Å². The Hall–Kier alpha value is -0.610. The second-order valence-electron chi connectivity index (χ2n) is 6.06. The number of nitrogens with one attached hydrogen (secondary N) is 1. The van der Waals surface area contributed by atoms with E-state index < -0.39 is 0 Å². The van der Waals surface area contributed by atoms with E-state index in [1.54, 1.807) is 0 Å². The summed E-state index contributed by atoms with van der Waals surface area (Å²) in [6.07, 6.45) is 5.50. The van der Waals surface area contributed by atoms with Gasteiger partial charge in [-0.1, -0.05) is 6.92 Å². The molecular weight excluding hydrogens is 226 g/mol. The highest BCUT2D eigenvalue weighted by Gasteiger charge is 2.43. The molecular formula is C14H27N3O. The van der Waals surface area contributed by atoms with E-state index in [2.05, 4.69) is 24.1 Å². The molecule has 0 saturated carbocycles. The quantitative estimate of drug-likeness (QED) is 0.792. The molecule has 2 heterocycles. The van der Waals surface area contributed by atoms with E-state index in [1.165, 1.54) is 12.8 Å². The standard InChI is InChI=1S/C14H27N3O/c1-4-9(2)16-14(18)10(3)17-12-5-6-13(17)8-11(15)7-12/h9-13H,4-8,15H2,1-3H3,(H,16,18). The van der Waals surface area contributed by atoms with Crippen LogP contribution in [-0.2, 0) is 4.79 Å². The minimum atomic E-state index is -0.0102. The van der Waals surface area contributed by atoms with Crippen LogP contribution >= 0.6 is 0 Å². The van der Waals surface area contributed by atoms with Crippen molar-refractivity contribution in [2.45, 2.75) is 83.1 Å². The van der Waals surface area contributed by atoms with Crippen molar-refractivity contribution in [1.29, 1.82) is 0 Å². The summed E-state index contributed by atoms with van der Waals surface area (Å²) in [4.78, 5) is 14.6. The van der Waals surface area contributed by atoms with Gasteiger partial charge in [0.15, 0.2) is 0 Å². The molecule has 18 heavy (non-hydrogen) atoms. The molecule has 4 atom stereocenters. The number of hydrogen-bond acceptors (Lipinski definition) is 3. The maximum absolute atomic E-state index is 12.2. The first-order valence-corrected chi connectivity index (χ1v) is 7.36. The van der Waals surface area contributed by atoms with E-state index in [4.69, 9.17) is 5.73 Å². The van der Waals surface area contributed by atoms with Crippen LogP contribution in [-0.4, -0.2) is 41.0 Å². The first-order chi connectivity index (χ1) is 8.52. The van der Waals surface area contributed by atoms with Gasteiger partial charge in [0, 0.05) is 24.2 Å². The van der Waals surface area contributed by atoms with Gasteiger partial charge in [-0.05, 0) is 46.0 Å². The highest BCUT2D eigenvalue weighted by atomic mass is 16.2. The SMILES string of the molecule is CCC(C)NC(=O)C(C)N1C2CCC1CC(N)C2. The summed E-state index contributed by atoms with van der Waals surface area (Å²) in [5, 5.41) is 3.09. The molecule has 2 saturated heterocycles. The predicted octanol–water partition coefficient (Wildman–Crippen LogP) is 1.24. The van der Waals surface area contributed by atoms with E-state index in [9.17, 15) is 4.79 Å². The number of hydrogen-bond donors (Lipinski definition) is 2. The maximum atomic E-state index is 12.2. The molecule has 0 aromatic rings. The molecule has 4 unspecified atom stereocenters. The van der Waals surface area contributed by atoms with Crippen molar-refractivity contribution >= 4 is 5.91 Å². The molecule has 0 aromatic carbocycles. The minimum Gasteiger partial charge on any atom is -0.352 e. The number of piperidine rings is 1. The van der Waals surface area contributed by atoms with Gasteiger partial charge in [0.05, 0.1) is 6.04 Å². The van der Waals surface area contributed by atoms with Crippen molar-refractivity contribution in [3.63, 3.8) is 0 Å². The largest absolute Gasteiger partial charge is 0.352 e. The second-order valence-corrected chi connectivity index (χ2v) is 6.06. The summed E-state index contributed by atoms with van der Waals surface area (Å²) in [6, 6.07) is 1.64. The lowest BCUT2D eigenvalue weighted by Gasteiger charge is -2.41. The fraction of sp³-hybridized carbons (Fsp3) is 0.929. The third-order valence-electron chi connectivity index (χ3n) is 4.65. The molecule has 2 bridgehead atoms. The average Bonchev–Trinajstić information content (AvgIpc) is 2.60. The van der Waals surface area contributed by atoms with Gasteiger partial charge < -0.3 is 11.1 Å². The highest BCUT2D eigenvalue weighted by Crippen LogP contribution is 2.36. The van der Waals surface area contributed by atoms with Crippen LogP contribution in [0.2, 0.25) is 0 Å². The Labute approximate surface area is 110 Å². The Morgan fingerprint density at radius 3 is 2.39 bits per heavy atom. The van der Waals surface area contributed by atoms with Gasteiger partial charge in [-0.3, -0.25) is 9.69 Å². The van der Waals surface area contributed by atoms with Crippen LogP contribution in [0.4, 0.5) is 0 Å². The van der Waals surface area contributed by atoms with Crippen molar-refractivity contribution in [2.24, 2.45) is 5.73 Å². The first-order valence-electron chi connectivity index (χ1n) is 7.36. The van der Waals surface area contributed by atoms with Crippen molar-refractivity contribution in [3.05, 3.63) is 0 Å². The molecule has 0 aliphatic carbocycles. The zero-order valence-electron chi connectivity index (χ0n) is 11.9. The molecule has 104 valence electrons. The van der Waals surface area contributed by atoms with E-state index >= 15 is 0 Å². The number of fused-ring (bicyclic) bond motifs is 2. The van der Waals surface area contributed by atoms with Gasteiger partial charge in [-0.15, -0.1) is 0 Å². The molecule has 4 nitrogen and oxygen atoms in total. The minimum absolute atomic E-state index is 0.0102. The van der Waals surface area contributed by atoms with Gasteiger partial charge in [0.2, 0.25) is 5.91 Å². The van der Waals surface area contributed by atoms with Crippen LogP contribution < -0.4 is 11.1 Å². The number of carbonyl (C=O) groups excluding carboxylic acids is 1. The molecule has 0 aromatic heterocycles. The van der Waals surface area contributed by atoms with Crippen LogP contribution in [0.25, 0.3) is 0 Å². The van der Waals surface area contributed by atoms with Crippen molar-refractivity contribution in [2.75, 3.05) is 0 Å². The predicted molar refractivity (Wildman–Crippen MR) is 73.2 cm³/mol. The number of carbonyl (C=O) groups is 1. The van der Waals surface area contributed by atoms with Crippen LogP contribution in [0.1, 0.15) is 52.9 Å². The average molecular weight is 253 g/mol. The summed E-state index contributed by atoms with van der Waals surface area (Å²) in [5.41, 5.74) is 6.07. The number of amides is 1. The molecule has 3 N–H and O–H groups in total. The van der Waals surface area contributed by atoms with Gasteiger partial charge in [-0.25, -0.2) is 0 Å². The Morgan fingerprint density at radius 1 is 1.33 bits per heavy atom. The summed E-state index contributed by atoms with van der Waals surface area (Å²) in [5.74, 6) is 0.178. The fourth-order valence-corrected chi connectivity index (χ4v) is 3.49. The zero-order chi connectivity index (χ0) is 13.3. The molecule has 2 aliphatic rings. The Balaban J connectivity index is 1.97. The van der Waals surface area contributed by atoms with Crippen molar-refractivity contribution < 1.29 is 4.79 Å². The third kappa shape index (κ3) is 2.69.